The molecule has 36 heavy (non-hydrogen) atoms. The summed E-state index contributed by atoms with van der Waals surface area (Å²) >= 11 is 0. The molecule has 2 aliphatic carbocycles. The number of carbonyl (C=O) groups excluding carboxylic acids is 2. The van der Waals surface area contributed by atoms with Crippen LogP contribution in [0.2, 0.25) is 0 Å². The SMILES string of the molecule is CC(C)C1C2=C(CCN1C(=O)C1CCC(CN(C)C(=O)Cc3ccccc3)CC1)c1ccccc1C2. The van der Waals surface area contributed by atoms with Crippen molar-refractivity contribution in [3.05, 3.63) is 76.9 Å². The van der Waals surface area contributed by atoms with Crippen LogP contribution in [0.25, 0.3) is 5.57 Å². The molecule has 4 heteroatoms. The highest BCUT2D eigenvalue weighted by Gasteiger charge is 2.40. The van der Waals surface area contributed by atoms with E-state index in [1.807, 2.05) is 42.3 Å². The summed E-state index contributed by atoms with van der Waals surface area (Å²) in [7, 11) is 1.93. The average Bonchev–Trinajstić information content (AvgIpc) is 3.27. The Kier molecular flexibility index (Phi) is 7.32. The Morgan fingerprint density at radius 2 is 1.67 bits per heavy atom. The number of hydrogen-bond donors (Lipinski definition) is 0. The van der Waals surface area contributed by atoms with Gasteiger partial charge in [0, 0.05) is 26.1 Å². The van der Waals surface area contributed by atoms with Crippen LogP contribution in [0.15, 0.2) is 60.2 Å². The van der Waals surface area contributed by atoms with E-state index in [2.05, 4.69) is 43.0 Å². The second-order valence-electron chi connectivity index (χ2n) is 11.5. The molecule has 1 atom stereocenters. The van der Waals surface area contributed by atoms with Crippen LogP contribution in [0.4, 0.5) is 0 Å². The minimum atomic E-state index is 0.124. The number of nitrogens with zero attached hydrogens (tertiary/aromatic N) is 2. The van der Waals surface area contributed by atoms with Crippen LogP contribution in [0.1, 0.15) is 62.6 Å². The zero-order chi connectivity index (χ0) is 25.2. The molecular formula is C32H40N2O2. The fraction of sp³-hybridized carbons (Fsp3) is 0.500. The van der Waals surface area contributed by atoms with Gasteiger partial charge in [0.15, 0.2) is 0 Å². The van der Waals surface area contributed by atoms with Crippen molar-refractivity contribution in [1.82, 2.24) is 9.80 Å². The fourth-order valence-electron chi connectivity index (χ4n) is 6.82. The Labute approximate surface area is 216 Å². The number of carbonyl (C=O) groups is 2. The van der Waals surface area contributed by atoms with Gasteiger partial charge in [0.05, 0.1) is 12.5 Å². The molecule has 1 saturated carbocycles. The first-order chi connectivity index (χ1) is 17.4. The topological polar surface area (TPSA) is 40.6 Å². The molecule has 5 rings (SSSR count). The maximum Gasteiger partial charge on any atom is 0.226 e. The van der Waals surface area contributed by atoms with Crippen molar-refractivity contribution in [3.8, 4) is 0 Å². The quantitative estimate of drug-likeness (QED) is 0.523. The third-order valence-corrected chi connectivity index (χ3v) is 8.67. The van der Waals surface area contributed by atoms with Gasteiger partial charge in [-0.25, -0.2) is 0 Å². The second-order valence-corrected chi connectivity index (χ2v) is 11.5. The number of likely N-dealkylation sites (N-methyl/N-ethyl adjacent to an activating group) is 1. The van der Waals surface area contributed by atoms with Crippen LogP contribution in [-0.4, -0.2) is 47.8 Å². The second kappa shape index (κ2) is 10.6. The zero-order valence-electron chi connectivity index (χ0n) is 22.1. The minimum absolute atomic E-state index is 0.124. The summed E-state index contributed by atoms with van der Waals surface area (Å²) in [5.41, 5.74) is 6.89. The monoisotopic (exact) mass is 484 g/mol. The first kappa shape index (κ1) is 24.8. The van der Waals surface area contributed by atoms with Gasteiger partial charge >= 0.3 is 0 Å². The van der Waals surface area contributed by atoms with Crippen LogP contribution < -0.4 is 0 Å². The van der Waals surface area contributed by atoms with E-state index in [4.69, 9.17) is 0 Å². The summed E-state index contributed by atoms with van der Waals surface area (Å²) in [5, 5.41) is 0. The molecule has 2 aromatic carbocycles. The Morgan fingerprint density at radius 3 is 2.39 bits per heavy atom. The first-order valence-corrected chi connectivity index (χ1v) is 13.8. The predicted molar refractivity (Wildman–Crippen MR) is 145 cm³/mol. The molecule has 2 aromatic rings. The molecule has 4 nitrogen and oxygen atoms in total. The summed E-state index contributed by atoms with van der Waals surface area (Å²) in [6.45, 7) is 6.16. The third-order valence-electron chi connectivity index (χ3n) is 8.67. The van der Waals surface area contributed by atoms with Crippen molar-refractivity contribution in [1.29, 1.82) is 0 Å². The van der Waals surface area contributed by atoms with Crippen molar-refractivity contribution in [2.24, 2.45) is 17.8 Å². The average molecular weight is 485 g/mol. The lowest BCUT2D eigenvalue weighted by Gasteiger charge is -2.42. The molecule has 0 saturated heterocycles. The Hall–Kier alpha value is -2.88. The third kappa shape index (κ3) is 5.00. The normalized spacial score (nSPS) is 23.4. The molecule has 1 aliphatic heterocycles. The molecule has 1 fully saturated rings. The van der Waals surface area contributed by atoms with Gasteiger partial charge in [-0.2, -0.15) is 0 Å². The van der Waals surface area contributed by atoms with Crippen LogP contribution in [0, 0.1) is 17.8 Å². The van der Waals surface area contributed by atoms with Crippen LogP contribution >= 0.6 is 0 Å². The molecule has 0 spiro atoms. The van der Waals surface area contributed by atoms with Gasteiger partial charge in [0.1, 0.15) is 0 Å². The van der Waals surface area contributed by atoms with Crippen LogP contribution in [0.5, 0.6) is 0 Å². The van der Waals surface area contributed by atoms with E-state index >= 15 is 0 Å². The lowest BCUT2D eigenvalue weighted by molar-refractivity contribution is -0.140. The van der Waals surface area contributed by atoms with Crippen LogP contribution in [0.3, 0.4) is 0 Å². The van der Waals surface area contributed by atoms with Gasteiger partial charge < -0.3 is 9.80 Å². The lowest BCUT2D eigenvalue weighted by Crippen LogP contribution is -2.50. The standard InChI is InChI=1S/C32H40N2O2/c1-22(2)31-29-20-26-11-7-8-12-27(26)28(29)17-18-34(31)32(36)25-15-13-24(14-16-25)21-33(3)30(35)19-23-9-5-4-6-10-23/h4-12,22,24-25,31H,13-21H2,1-3H3. The summed E-state index contributed by atoms with van der Waals surface area (Å²) in [5.74, 6) is 1.56. The molecule has 190 valence electrons. The summed E-state index contributed by atoms with van der Waals surface area (Å²) in [4.78, 5) is 30.6. The molecule has 1 unspecified atom stereocenters. The van der Waals surface area contributed by atoms with Crippen molar-refractivity contribution in [2.45, 2.75) is 64.8 Å². The van der Waals surface area contributed by atoms with Crippen molar-refractivity contribution in [3.63, 3.8) is 0 Å². The van der Waals surface area contributed by atoms with Crippen LogP contribution in [-0.2, 0) is 22.4 Å². The van der Waals surface area contributed by atoms with E-state index in [-0.39, 0.29) is 17.9 Å². The highest BCUT2D eigenvalue weighted by molar-refractivity contribution is 5.84. The van der Waals surface area contributed by atoms with Crippen molar-refractivity contribution in [2.75, 3.05) is 20.1 Å². The summed E-state index contributed by atoms with van der Waals surface area (Å²) in [6, 6.07) is 19.0. The van der Waals surface area contributed by atoms with E-state index < -0.39 is 0 Å². The maximum atomic E-state index is 13.8. The molecule has 0 N–H and O–H groups in total. The van der Waals surface area contributed by atoms with E-state index in [1.165, 1.54) is 22.3 Å². The largest absolute Gasteiger partial charge is 0.345 e. The van der Waals surface area contributed by atoms with E-state index in [1.54, 1.807) is 0 Å². The lowest BCUT2D eigenvalue weighted by atomic mass is 9.79. The van der Waals surface area contributed by atoms with Gasteiger partial charge in [-0.3, -0.25) is 9.59 Å². The zero-order valence-corrected chi connectivity index (χ0v) is 22.1. The highest BCUT2D eigenvalue weighted by Crippen LogP contribution is 2.43. The van der Waals surface area contributed by atoms with E-state index in [0.29, 0.717) is 24.2 Å². The summed E-state index contributed by atoms with van der Waals surface area (Å²) < 4.78 is 0. The fourth-order valence-corrected chi connectivity index (χ4v) is 6.82. The van der Waals surface area contributed by atoms with E-state index in [0.717, 1.165) is 57.2 Å². The molecule has 1 heterocycles. The van der Waals surface area contributed by atoms with Gasteiger partial charge in [-0.05, 0) is 78.2 Å². The molecule has 0 bridgehead atoms. The number of fused-ring (bicyclic) bond motifs is 2. The Morgan fingerprint density at radius 1 is 0.972 bits per heavy atom. The number of rotatable bonds is 6. The van der Waals surface area contributed by atoms with Gasteiger partial charge in [-0.1, -0.05) is 68.4 Å². The Bertz CT molecular complexity index is 1130. The number of hydrogen-bond acceptors (Lipinski definition) is 2. The highest BCUT2D eigenvalue weighted by atomic mass is 16.2. The molecular weight excluding hydrogens is 444 g/mol. The number of amides is 2. The number of benzene rings is 2. The first-order valence-electron chi connectivity index (χ1n) is 13.8. The maximum absolute atomic E-state index is 13.8. The summed E-state index contributed by atoms with van der Waals surface area (Å²) in [6.07, 6.45) is 6.37. The van der Waals surface area contributed by atoms with Crippen molar-refractivity contribution < 1.29 is 9.59 Å². The Balaban J connectivity index is 1.17. The van der Waals surface area contributed by atoms with Gasteiger partial charge in [-0.15, -0.1) is 0 Å². The van der Waals surface area contributed by atoms with Gasteiger partial charge in [0.25, 0.3) is 0 Å². The molecule has 2 amide bonds. The predicted octanol–water partition coefficient (Wildman–Crippen LogP) is 5.76. The minimum Gasteiger partial charge on any atom is -0.345 e. The van der Waals surface area contributed by atoms with E-state index in [9.17, 15) is 9.59 Å². The van der Waals surface area contributed by atoms with Crippen molar-refractivity contribution >= 4 is 17.4 Å². The molecule has 0 aromatic heterocycles. The van der Waals surface area contributed by atoms with Gasteiger partial charge in [0.2, 0.25) is 11.8 Å². The smallest absolute Gasteiger partial charge is 0.226 e. The molecule has 0 radical (unpaired) electrons. The molecule has 3 aliphatic rings.